The van der Waals surface area contributed by atoms with E-state index in [2.05, 4.69) is 9.97 Å². The smallest absolute Gasteiger partial charge is 0.356 e. The van der Waals surface area contributed by atoms with Gasteiger partial charge in [-0.3, -0.25) is 0 Å². The molecule has 4 rings (SSSR count). The zero-order valence-corrected chi connectivity index (χ0v) is 17.4. The lowest BCUT2D eigenvalue weighted by molar-refractivity contribution is 0.0593. The molecular weight excluding hydrogens is 400 g/mol. The highest BCUT2D eigenvalue weighted by Crippen LogP contribution is 2.43. The van der Waals surface area contributed by atoms with Crippen LogP contribution in [0.2, 0.25) is 5.02 Å². The normalized spacial score (nSPS) is 13.4. The summed E-state index contributed by atoms with van der Waals surface area (Å²) in [7, 11) is 1.34. The number of hydrogen-bond acceptors (Lipinski definition) is 5. The van der Waals surface area contributed by atoms with E-state index < -0.39 is 5.97 Å². The maximum atomic E-state index is 11.9. The highest BCUT2D eigenvalue weighted by Gasteiger charge is 2.23. The number of esters is 1. The number of carbonyl (C=O) groups excluding carboxylic acids is 1. The molecule has 30 heavy (non-hydrogen) atoms. The molecule has 1 aromatic heterocycles. The van der Waals surface area contributed by atoms with E-state index in [4.69, 9.17) is 21.1 Å². The summed E-state index contributed by atoms with van der Waals surface area (Å²) in [5.74, 6) is 0.299. The molecule has 152 valence electrons. The molecule has 1 aliphatic carbocycles. The van der Waals surface area contributed by atoms with Crippen molar-refractivity contribution >= 4 is 28.7 Å². The first-order valence-corrected chi connectivity index (χ1v) is 10.1. The van der Waals surface area contributed by atoms with Crippen molar-refractivity contribution in [2.75, 3.05) is 7.11 Å². The monoisotopic (exact) mass is 420 g/mol. The summed E-state index contributed by atoms with van der Waals surface area (Å²) < 4.78 is 10.9. The fourth-order valence-corrected chi connectivity index (χ4v) is 3.83. The number of nitrogens with zero attached hydrogens (tertiary/aromatic N) is 2. The molecule has 5 nitrogen and oxygen atoms in total. The third kappa shape index (κ3) is 4.36. The van der Waals surface area contributed by atoms with E-state index in [1.54, 1.807) is 6.07 Å². The van der Waals surface area contributed by atoms with Crippen LogP contribution in [0.3, 0.4) is 0 Å². The highest BCUT2D eigenvalue weighted by atomic mass is 35.5. The number of rotatable bonds is 6. The number of carbonyl (C=O) groups is 1. The minimum absolute atomic E-state index is 0.243. The molecule has 0 saturated heterocycles. The number of allylic oxidation sites excluding steroid dienone is 2. The fraction of sp³-hybridized carbons (Fsp3) is 0.208. The van der Waals surface area contributed by atoms with Crippen LogP contribution in [0.4, 0.5) is 0 Å². The van der Waals surface area contributed by atoms with Crippen LogP contribution >= 0.6 is 11.6 Å². The lowest BCUT2D eigenvalue weighted by Crippen LogP contribution is -2.06. The van der Waals surface area contributed by atoms with Crippen molar-refractivity contribution in [3.8, 4) is 5.75 Å². The van der Waals surface area contributed by atoms with Gasteiger partial charge in [-0.15, -0.1) is 0 Å². The van der Waals surface area contributed by atoms with E-state index >= 15 is 0 Å². The molecule has 0 saturated carbocycles. The molecule has 0 N–H and O–H groups in total. The second-order valence-electron chi connectivity index (χ2n) is 7.01. The zero-order valence-electron chi connectivity index (χ0n) is 16.6. The largest absolute Gasteiger partial charge is 0.488 e. The molecule has 2 aromatic carbocycles. The molecule has 0 aliphatic heterocycles. The van der Waals surface area contributed by atoms with Crippen molar-refractivity contribution in [2.24, 2.45) is 0 Å². The first kappa shape index (κ1) is 20.1. The zero-order chi connectivity index (χ0) is 20.9. The van der Waals surface area contributed by atoms with E-state index in [1.807, 2.05) is 48.5 Å². The minimum Gasteiger partial charge on any atom is -0.488 e. The van der Waals surface area contributed by atoms with Crippen LogP contribution < -0.4 is 4.74 Å². The molecule has 0 radical (unpaired) electrons. The highest BCUT2D eigenvalue weighted by molar-refractivity contribution is 6.30. The number of ether oxygens (including phenoxy) is 2. The first-order valence-electron chi connectivity index (χ1n) is 9.75. The Hall–Kier alpha value is -3.18. The molecule has 0 spiro atoms. The Morgan fingerprint density at radius 2 is 1.83 bits per heavy atom. The Labute approximate surface area is 180 Å². The third-order valence-electron chi connectivity index (χ3n) is 5.09. The van der Waals surface area contributed by atoms with Crippen LogP contribution in [0.1, 0.15) is 46.6 Å². The summed E-state index contributed by atoms with van der Waals surface area (Å²) in [6.45, 7) is 0.470. The van der Waals surface area contributed by atoms with Gasteiger partial charge in [-0.2, -0.15) is 0 Å². The van der Waals surface area contributed by atoms with Crippen molar-refractivity contribution in [1.29, 1.82) is 0 Å². The van der Waals surface area contributed by atoms with Crippen molar-refractivity contribution < 1.29 is 14.3 Å². The maximum Gasteiger partial charge on any atom is 0.356 e. The number of halogens is 1. The van der Waals surface area contributed by atoms with Crippen LogP contribution in [0.25, 0.3) is 11.1 Å². The van der Waals surface area contributed by atoms with Crippen molar-refractivity contribution in [1.82, 2.24) is 9.97 Å². The van der Waals surface area contributed by atoms with Gasteiger partial charge in [0.05, 0.1) is 12.8 Å². The topological polar surface area (TPSA) is 61.3 Å². The second-order valence-corrected chi connectivity index (χ2v) is 7.44. The van der Waals surface area contributed by atoms with Gasteiger partial charge in [0, 0.05) is 10.6 Å². The summed E-state index contributed by atoms with van der Waals surface area (Å²) in [4.78, 5) is 20.3. The third-order valence-corrected chi connectivity index (χ3v) is 5.33. The summed E-state index contributed by atoms with van der Waals surface area (Å²) in [5, 5.41) is 0.647. The van der Waals surface area contributed by atoms with Crippen LogP contribution in [0.15, 0.2) is 60.9 Å². The number of aromatic nitrogens is 2. The van der Waals surface area contributed by atoms with Gasteiger partial charge in [0.1, 0.15) is 18.7 Å². The Morgan fingerprint density at radius 3 is 2.63 bits per heavy atom. The molecule has 0 atom stereocenters. The second kappa shape index (κ2) is 9.09. The molecule has 0 amide bonds. The summed E-state index contributed by atoms with van der Waals surface area (Å²) in [5.41, 5.74) is 5.24. The van der Waals surface area contributed by atoms with Crippen molar-refractivity contribution in [3.05, 3.63) is 88.5 Å². The van der Waals surface area contributed by atoms with E-state index in [9.17, 15) is 4.79 Å². The van der Waals surface area contributed by atoms with Gasteiger partial charge in [0.25, 0.3) is 0 Å². The molecule has 6 heteroatoms. The van der Waals surface area contributed by atoms with Gasteiger partial charge in [-0.25, -0.2) is 14.8 Å². The molecule has 0 bridgehead atoms. The van der Waals surface area contributed by atoms with Gasteiger partial charge in [0.2, 0.25) is 0 Å². The van der Waals surface area contributed by atoms with Gasteiger partial charge in [-0.05, 0) is 60.2 Å². The Morgan fingerprint density at radius 1 is 1.03 bits per heavy atom. The van der Waals surface area contributed by atoms with Gasteiger partial charge < -0.3 is 9.47 Å². The SMILES string of the molecule is COC(=O)c1cc(C2=C(c3cc(Cl)ccc3OCc3ccccc3)CCC2)ncn1. The maximum absolute atomic E-state index is 11.9. The van der Waals surface area contributed by atoms with E-state index in [1.165, 1.54) is 13.4 Å². The van der Waals surface area contributed by atoms with Crippen molar-refractivity contribution in [3.63, 3.8) is 0 Å². The number of hydrogen-bond donors (Lipinski definition) is 0. The fourth-order valence-electron chi connectivity index (χ4n) is 3.66. The van der Waals surface area contributed by atoms with Crippen molar-refractivity contribution in [2.45, 2.75) is 25.9 Å². The lowest BCUT2D eigenvalue weighted by Gasteiger charge is -2.15. The van der Waals surface area contributed by atoms with E-state index in [-0.39, 0.29) is 5.69 Å². The summed E-state index contributed by atoms with van der Waals surface area (Å²) in [6, 6.07) is 17.4. The van der Waals surface area contributed by atoms with E-state index in [0.29, 0.717) is 11.6 Å². The predicted octanol–water partition coefficient (Wildman–Crippen LogP) is 5.59. The average molecular weight is 421 g/mol. The van der Waals surface area contributed by atoms with E-state index in [0.717, 1.165) is 53.0 Å². The molecule has 1 heterocycles. The number of methoxy groups -OCH3 is 1. The Bertz CT molecular complexity index is 1100. The van der Waals surface area contributed by atoms with Crippen LogP contribution in [-0.4, -0.2) is 23.0 Å². The van der Waals surface area contributed by atoms with Crippen LogP contribution in [0.5, 0.6) is 5.75 Å². The van der Waals surface area contributed by atoms with Crippen LogP contribution in [0, 0.1) is 0 Å². The Kier molecular flexibility index (Phi) is 6.10. The first-order chi connectivity index (χ1) is 14.7. The lowest BCUT2D eigenvalue weighted by atomic mass is 9.99. The minimum atomic E-state index is -0.478. The van der Waals surface area contributed by atoms with Gasteiger partial charge in [0.15, 0.2) is 5.69 Å². The summed E-state index contributed by atoms with van der Waals surface area (Å²) in [6.07, 6.45) is 4.13. The molecular formula is C24H21ClN2O3. The predicted molar refractivity (Wildman–Crippen MR) is 116 cm³/mol. The summed E-state index contributed by atoms with van der Waals surface area (Å²) >= 11 is 6.33. The van der Waals surface area contributed by atoms with Gasteiger partial charge in [-0.1, -0.05) is 41.9 Å². The Balaban J connectivity index is 1.71. The molecule has 3 aromatic rings. The molecule has 0 unspecified atom stereocenters. The molecule has 1 aliphatic rings. The standard InChI is InChI=1S/C24H21ClN2O3/c1-29-24(28)22-13-21(26-15-27-22)19-9-5-8-18(19)20-12-17(25)10-11-23(20)30-14-16-6-3-2-4-7-16/h2-4,6-7,10-13,15H,5,8-9,14H2,1H3. The average Bonchev–Trinajstić information content (AvgIpc) is 3.28. The quantitative estimate of drug-likeness (QED) is 0.486. The number of benzene rings is 2. The molecule has 0 fully saturated rings. The van der Waals surface area contributed by atoms with Gasteiger partial charge >= 0.3 is 5.97 Å². The van der Waals surface area contributed by atoms with Crippen LogP contribution in [-0.2, 0) is 11.3 Å².